The van der Waals surface area contributed by atoms with E-state index in [1.165, 1.54) is 6.42 Å². The third-order valence-corrected chi connectivity index (χ3v) is 4.36. The molecule has 5 heteroatoms. The van der Waals surface area contributed by atoms with Crippen LogP contribution < -0.4 is 10.1 Å². The lowest BCUT2D eigenvalue weighted by molar-refractivity contribution is 0.0724. The van der Waals surface area contributed by atoms with Crippen LogP contribution in [0.25, 0.3) is 0 Å². The van der Waals surface area contributed by atoms with Crippen LogP contribution in [0, 0.1) is 0 Å². The van der Waals surface area contributed by atoms with Crippen LogP contribution >= 0.6 is 0 Å². The molecule has 1 fully saturated rings. The van der Waals surface area contributed by atoms with E-state index in [9.17, 15) is 9.59 Å². The highest BCUT2D eigenvalue weighted by Crippen LogP contribution is 2.18. The largest absolute Gasteiger partial charge is 0.497 e. The van der Waals surface area contributed by atoms with Crippen LogP contribution in [-0.2, 0) is 0 Å². The van der Waals surface area contributed by atoms with E-state index in [4.69, 9.17) is 4.74 Å². The molecule has 130 valence electrons. The summed E-state index contributed by atoms with van der Waals surface area (Å²) in [7, 11) is 1.58. The second-order valence-corrected chi connectivity index (χ2v) is 6.12. The molecule has 2 amide bonds. The van der Waals surface area contributed by atoms with Crippen LogP contribution in [0.4, 0.5) is 5.69 Å². The number of piperidine rings is 1. The Morgan fingerprint density at radius 1 is 0.960 bits per heavy atom. The van der Waals surface area contributed by atoms with E-state index < -0.39 is 0 Å². The van der Waals surface area contributed by atoms with E-state index in [1.807, 2.05) is 17.0 Å². The van der Waals surface area contributed by atoms with E-state index in [1.54, 1.807) is 43.5 Å². The number of rotatable bonds is 4. The van der Waals surface area contributed by atoms with Crippen molar-refractivity contribution in [3.8, 4) is 5.75 Å². The van der Waals surface area contributed by atoms with Crippen molar-refractivity contribution in [2.75, 3.05) is 25.5 Å². The molecule has 0 atom stereocenters. The van der Waals surface area contributed by atoms with Crippen molar-refractivity contribution < 1.29 is 14.3 Å². The van der Waals surface area contributed by atoms with Gasteiger partial charge in [0.1, 0.15) is 5.75 Å². The molecule has 1 heterocycles. The van der Waals surface area contributed by atoms with Gasteiger partial charge in [-0.1, -0.05) is 6.07 Å². The molecular formula is C20H22N2O3. The van der Waals surface area contributed by atoms with E-state index in [-0.39, 0.29) is 11.8 Å². The smallest absolute Gasteiger partial charge is 0.255 e. The maximum Gasteiger partial charge on any atom is 0.255 e. The number of hydrogen-bond donors (Lipinski definition) is 1. The molecule has 2 aromatic carbocycles. The summed E-state index contributed by atoms with van der Waals surface area (Å²) in [5, 5.41) is 2.83. The first-order valence-electron chi connectivity index (χ1n) is 8.52. The molecule has 0 radical (unpaired) electrons. The molecule has 1 aliphatic heterocycles. The predicted molar refractivity (Wildman–Crippen MR) is 97.1 cm³/mol. The van der Waals surface area contributed by atoms with Gasteiger partial charge in [-0.15, -0.1) is 0 Å². The summed E-state index contributed by atoms with van der Waals surface area (Å²) < 4.78 is 5.15. The summed E-state index contributed by atoms with van der Waals surface area (Å²) in [6, 6.07) is 14.0. The molecule has 25 heavy (non-hydrogen) atoms. The molecule has 2 aromatic rings. The Hall–Kier alpha value is -2.82. The van der Waals surface area contributed by atoms with Gasteiger partial charge >= 0.3 is 0 Å². The molecule has 0 aromatic heterocycles. The molecule has 1 saturated heterocycles. The van der Waals surface area contributed by atoms with Gasteiger partial charge in [-0.25, -0.2) is 0 Å². The number of carbonyl (C=O) groups excluding carboxylic acids is 2. The van der Waals surface area contributed by atoms with Crippen molar-refractivity contribution in [1.82, 2.24) is 4.90 Å². The van der Waals surface area contributed by atoms with Gasteiger partial charge < -0.3 is 15.0 Å². The van der Waals surface area contributed by atoms with Gasteiger partial charge in [-0.05, 0) is 55.7 Å². The molecule has 0 bridgehead atoms. The zero-order valence-electron chi connectivity index (χ0n) is 14.3. The maximum absolute atomic E-state index is 12.5. The van der Waals surface area contributed by atoms with Crippen molar-refractivity contribution in [3.05, 3.63) is 59.7 Å². The lowest BCUT2D eigenvalue weighted by Gasteiger charge is -2.26. The van der Waals surface area contributed by atoms with Crippen LogP contribution in [0.5, 0.6) is 5.75 Å². The number of ether oxygens (including phenoxy) is 1. The van der Waals surface area contributed by atoms with Crippen molar-refractivity contribution in [3.63, 3.8) is 0 Å². The third kappa shape index (κ3) is 4.18. The van der Waals surface area contributed by atoms with Crippen LogP contribution in [-0.4, -0.2) is 36.9 Å². The molecule has 3 rings (SSSR count). The Bertz CT molecular complexity index is 750. The van der Waals surface area contributed by atoms with Crippen LogP contribution in [0.3, 0.4) is 0 Å². The highest BCUT2D eigenvalue weighted by atomic mass is 16.5. The number of nitrogens with zero attached hydrogens (tertiary/aromatic N) is 1. The van der Waals surface area contributed by atoms with E-state index >= 15 is 0 Å². The zero-order chi connectivity index (χ0) is 17.6. The highest BCUT2D eigenvalue weighted by molar-refractivity contribution is 6.05. The van der Waals surface area contributed by atoms with Crippen LogP contribution in [0.15, 0.2) is 48.5 Å². The number of anilines is 1. The summed E-state index contributed by atoms with van der Waals surface area (Å²) >= 11 is 0. The molecular weight excluding hydrogens is 316 g/mol. The first kappa shape index (κ1) is 17.0. The number of likely N-dealkylation sites (tertiary alicyclic amines) is 1. The first-order chi connectivity index (χ1) is 12.2. The summed E-state index contributed by atoms with van der Waals surface area (Å²) in [6.45, 7) is 1.63. The maximum atomic E-state index is 12.5. The number of amides is 2. The summed E-state index contributed by atoms with van der Waals surface area (Å²) in [4.78, 5) is 26.7. The fourth-order valence-electron chi connectivity index (χ4n) is 2.95. The lowest BCUT2D eigenvalue weighted by Crippen LogP contribution is -2.35. The van der Waals surface area contributed by atoms with E-state index in [0.717, 1.165) is 25.9 Å². The Kier molecular flexibility index (Phi) is 5.33. The monoisotopic (exact) mass is 338 g/mol. The molecule has 0 aliphatic carbocycles. The van der Waals surface area contributed by atoms with Crippen molar-refractivity contribution in [1.29, 1.82) is 0 Å². The fourth-order valence-corrected chi connectivity index (χ4v) is 2.95. The van der Waals surface area contributed by atoms with Crippen molar-refractivity contribution >= 4 is 17.5 Å². The SMILES string of the molecule is COc1cccc(NC(=O)c2ccc(C(=O)N3CCCCC3)cc2)c1. The van der Waals surface area contributed by atoms with Gasteiger partial charge in [-0.3, -0.25) is 9.59 Å². The van der Waals surface area contributed by atoms with E-state index in [2.05, 4.69) is 5.32 Å². The Labute approximate surface area is 147 Å². The highest BCUT2D eigenvalue weighted by Gasteiger charge is 2.18. The van der Waals surface area contributed by atoms with Gasteiger partial charge in [-0.2, -0.15) is 0 Å². The molecule has 1 aliphatic rings. The first-order valence-corrected chi connectivity index (χ1v) is 8.52. The number of nitrogens with one attached hydrogen (secondary N) is 1. The Balaban J connectivity index is 1.66. The molecule has 0 saturated carbocycles. The number of methoxy groups -OCH3 is 1. The second-order valence-electron chi connectivity index (χ2n) is 6.12. The standard InChI is InChI=1S/C20H22N2O3/c1-25-18-7-5-6-17(14-18)21-19(23)15-8-10-16(11-9-15)20(24)22-12-3-2-4-13-22/h5-11,14H,2-4,12-13H2,1H3,(H,21,23). The average molecular weight is 338 g/mol. The Morgan fingerprint density at radius 2 is 1.64 bits per heavy atom. The average Bonchev–Trinajstić information content (AvgIpc) is 2.68. The van der Waals surface area contributed by atoms with Gasteiger partial charge in [0, 0.05) is 36.0 Å². The third-order valence-electron chi connectivity index (χ3n) is 4.36. The molecule has 5 nitrogen and oxygen atoms in total. The van der Waals surface area contributed by atoms with Crippen molar-refractivity contribution in [2.45, 2.75) is 19.3 Å². The normalized spacial score (nSPS) is 14.0. The van der Waals surface area contributed by atoms with Gasteiger partial charge in [0.05, 0.1) is 7.11 Å². The minimum Gasteiger partial charge on any atom is -0.497 e. The van der Waals surface area contributed by atoms with E-state index in [0.29, 0.717) is 22.6 Å². The zero-order valence-corrected chi connectivity index (χ0v) is 14.3. The molecule has 0 unspecified atom stereocenters. The van der Waals surface area contributed by atoms with Crippen LogP contribution in [0.1, 0.15) is 40.0 Å². The predicted octanol–water partition coefficient (Wildman–Crippen LogP) is 3.57. The number of carbonyl (C=O) groups is 2. The quantitative estimate of drug-likeness (QED) is 0.927. The number of benzene rings is 2. The second kappa shape index (κ2) is 7.83. The lowest BCUT2D eigenvalue weighted by atomic mass is 10.1. The van der Waals surface area contributed by atoms with Gasteiger partial charge in [0.2, 0.25) is 0 Å². The number of hydrogen-bond acceptors (Lipinski definition) is 3. The summed E-state index contributed by atoms with van der Waals surface area (Å²) in [6.07, 6.45) is 3.31. The molecule has 0 spiro atoms. The van der Waals surface area contributed by atoms with Gasteiger partial charge in [0.25, 0.3) is 11.8 Å². The van der Waals surface area contributed by atoms with Crippen molar-refractivity contribution in [2.24, 2.45) is 0 Å². The Morgan fingerprint density at radius 3 is 2.32 bits per heavy atom. The topological polar surface area (TPSA) is 58.6 Å². The minimum atomic E-state index is -0.217. The minimum absolute atomic E-state index is 0.0412. The molecule has 1 N–H and O–H groups in total. The van der Waals surface area contributed by atoms with Gasteiger partial charge in [0.15, 0.2) is 0 Å². The van der Waals surface area contributed by atoms with Crippen LogP contribution in [0.2, 0.25) is 0 Å². The summed E-state index contributed by atoms with van der Waals surface area (Å²) in [5.74, 6) is 0.505. The summed E-state index contributed by atoms with van der Waals surface area (Å²) in [5.41, 5.74) is 1.80. The fraction of sp³-hybridized carbons (Fsp3) is 0.300.